The van der Waals surface area contributed by atoms with Crippen LogP contribution in [0.2, 0.25) is 0 Å². The zero-order valence-electron chi connectivity index (χ0n) is 12.3. The van der Waals surface area contributed by atoms with Crippen LogP contribution in [-0.4, -0.2) is 41.9 Å². The van der Waals surface area contributed by atoms with E-state index in [1.807, 2.05) is 27.7 Å². The molecule has 0 saturated heterocycles. The predicted molar refractivity (Wildman–Crippen MR) is 73.2 cm³/mol. The lowest BCUT2D eigenvalue weighted by Gasteiger charge is -2.25. The number of carboxylic acid groups (broad SMARTS) is 1. The van der Waals surface area contributed by atoms with Gasteiger partial charge in [-0.1, -0.05) is 13.3 Å². The zero-order valence-corrected chi connectivity index (χ0v) is 12.3. The first-order valence-electron chi connectivity index (χ1n) is 6.70. The van der Waals surface area contributed by atoms with Crippen molar-refractivity contribution in [2.75, 3.05) is 13.2 Å². The maximum atomic E-state index is 11.7. The molecule has 0 rings (SSSR count). The summed E-state index contributed by atoms with van der Waals surface area (Å²) in [6.45, 7) is 8.57. The second kappa shape index (κ2) is 8.74. The van der Waals surface area contributed by atoms with E-state index in [-0.39, 0.29) is 18.5 Å². The van der Waals surface area contributed by atoms with Gasteiger partial charge in [-0.2, -0.15) is 0 Å². The number of carbonyl (C=O) groups is 2. The maximum Gasteiger partial charge on any atom is 0.315 e. The molecular weight excluding hydrogens is 248 g/mol. The zero-order chi connectivity index (χ0) is 14.9. The Morgan fingerprint density at radius 2 is 1.95 bits per heavy atom. The Kier molecular flexibility index (Phi) is 8.14. The van der Waals surface area contributed by atoms with E-state index in [0.29, 0.717) is 19.6 Å². The van der Waals surface area contributed by atoms with Crippen LogP contribution in [0, 0.1) is 0 Å². The van der Waals surface area contributed by atoms with Gasteiger partial charge < -0.3 is 20.5 Å². The molecule has 1 unspecified atom stereocenters. The molecule has 0 fully saturated rings. The molecule has 2 amide bonds. The van der Waals surface area contributed by atoms with Crippen LogP contribution >= 0.6 is 0 Å². The van der Waals surface area contributed by atoms with E-state index in [0.717, 1.165) is 6.42 Å². The summed E-state index contributed by atoms with van der Waals surface area (Å²) < 4.78 is 5.46. The summed E-state index contributed by atoms with van der Waals surface area (Å²) in [5, 5.41) is 14.1. The fraction of sp³-hybridized carbons (Fsp3) is 0.846. The highest BCUT2D eigenvalue weighted by Crippen LogP contribution is 2.07. The highest BCUT2D eigenvalue weighted by molar-refractivity contribution is 5.75. The number of nitrogens with one attached hydrogen (secondary N) is 2. The lowest BCUT2D eigenvalue weighted by atomic mass is 10.1. The summed E-state index contributed by atoms with van der Waals surface area (Å²) in [6.07, 6.45) is 1.41. The Labute approximate surface area is 114 Å². The third kappa shape index (κ3) is 9.30. The summed E-state index contributed by atoms with van der Waals surface area (Å²) in [4.78, 5) is 22.4. The number of carboxylic acids is 1. The van der Waals surface area contributed by atoms with E-state index in [9.17, 15) is 9.59 Å². The van der Waals surface area contributed by atoms with E-state index >= 15 is 0 Å². The van der Waals surface area contributed by atoms with Gasteiger partial charge in [0.05, 0.1) is 12.0 Å². The minimum Gasteiger partial charge on any atom is -0.481 e. The van der Waals surface area contributed by atoms with Crippen molar-refractivity contribution in [2.45, 2.75) is 58.6 Å². The Hall–Kier alpha value is -1.30. The largest absolute Gasteiger partial charge is 0.481 e. The summed E-state index contributed by atoms with van der Waals surface area (Å²) in [6, 6.07) is -0.690. The number of hydrogen-bond acceptors (Lipinski definition) is 3. The molecule has 6 heteroatoms. The number of carbonyl (C=O) groups excluding carboxylic acids is 1. The molecule has 0 aromatic heterocycles. The molecule has 19 heavy (non-hydrogen) atoms. The molecule has 0 saturated carbocycles. The summed E-state index contributed by atoms with van der Waals surface area (Å²) in [5.74, 6) is -0.909. The van der Waals surface area contributed by atoms with Gasteiger partial charge in [0.15, 0.2) is 0 Å². The molecule has 0 aliphatic heterocycles. The van der Waals surface area contributed by atoms with Crippen LogP contribution in [0.4, 0.5) is 4.79 Å². The van der Waals surface area contributed by atoms with Crippen LogP contribution in [0.3, 0.4) is 0 Å². The third-order valence-electron chi connectivity index (χ3n) is 2.60. The molecule has 3 N–H and O–H groups in total. The number of ether oxygens (including phenoxy) is 1. The molecule has 0 spiro atoms. The van der Waals surface area contributed by atoms with Crippen LogP contribution in [0.15, 0.2) is 0 Å². The van der Waals surface area contributed by atoms with Gasteiger partial charge in [0.25, 0.3) is 0 Å². The van der Waals surface area contributed by atoms with Crippen LogP contribution in [0.25, 0.3) is 0 Å². The van der Waals surface area contributed by atoms with Gasteiger partial charge in [-0.3, -0.25) is 4.79 Å². The fourth-order valence-electron chi connectivity index (χ4n) is 1.76. The van der Waals surface area contributed by atoms with E-state index in [2.05, 4.69) is 10.6 Å². The van der Waals surface area contributed by atoms with Crippen molar-refractivity contribution >= 4 is 12.0 Å². The number of rotatable bonds is 9. The molecule has 6 nitrogen and oxygen atoms in total. The van der Waals surface area contributed by atoms with Crippen LogP contribution in [0.1, 0.15) is 47.0 Å². The van der Waals surface area contributed by atoms with Crippen molar-refractivity contribution in [2.24, 2.45) is 0 Å². The quantitative estimate of drug-likeness (QED) is 0.597. The molecule has 112 valence electrons. The second-order valence-electron chi connectivity index (χ2n) is 5.10. The van der Waals surface area contributed by atoms with Crippen LogP contribution in [-0.2, 0) is 9.53 Å². The first-order chi connectivity index (χ1) is 8.80. The monoisotopic (exact) mass is 274 g/mol. The third-order valence-corrected chi connectivity index (χ3v) is 2.60. The van der Waals surface area contributed by atoms with Crippen molar-refractivity contribution in [1.29, 1.82) is 0 Å². The summed E-state index contributed by atoms with van der Waals surface area (Å²) >= 11 is 0. The lowest BCUT2D eigenvalue weighted by Crippen LogP contribution is -2.48. The average Bonchev–Trinajstić information content (AvgIpc) is 2.26. The molecule has 1 atom stereocenters. The number of aliphatic carboxylic acids is 1. The van der Waals surface area contributed by atoms with Crippen molar-refractivity contribution in [1.82, 2.24) is 10.6 Å². The Balaban J connectivity index is 4.15. The molecule has 0 radical (unpaired) electrons. The SMILES string of the molecule is CCCC(CC(=O)O)NC(=O)NCC(C)(C)OCC. The van der Waals surface area contributed by atoms with E-state index < -0.39 is 11.6 Å². The first-order valence-corrected chi connectivity index (χ1v) is 6.70. The Morgan fingerprint density at radius 3 is 2.42 bits per heavy atom. The molecule has 0 aliphatic carbocycles. The molecule has 0 aliphatic rings. The van der Waals surface area contributed by atoms with Crippen molar-refractivity contribution < 1.29 is 19.4 Å². The van der Waals surface area contributed by atoms with E-state index in [1.165, 1.54) is 0 Å². The minimum atomic E-state index is -0.909. The first kappa shape index (κ1) is 17.7. The smallest absolute Gasteiger partial charge is 0.315 e. The number of urea groups is 1. The summed E-state index contributed by atoms with van der Waals surface area (Å²) in [5.41, 5.74) is -0.431. The standard InChI is InChI=1S/C13H26N2O4/c1-5-7-10(8-11(16)17)15-12(18)14-9-13(3,4)19-6-2/h10H,5-9H2,1-4H3,(H,16,17)(H2,14,15,18). The molecular formula is C13H26N2O4. The average molecular weight is 274 g/mol. The van der Waals surface area contributed by atoms with Gasteiger partial charge >= 0.3 is 12.0 Å². The molecule has 0 bridgehead atoms. The van der Waals surface area contributed by atoms with E-state index in [4.69, 9.17) is 9.84 Å². The summed E-state index contributed by atoms with van der Waals surface area (Å²) in [7, 11) is 0. The van der Waals surface area contributed by atoms with Gasteiger partial charge in [0.1, 0.15) is 0 Å². The number of amides is 2. The fourth-order valence-corrected chi connectivity index (χ4v) is 1.76. The van der Waals surface area contributed by atoms with E-state index in [1.54, 1.807) is 0 Å². The van der Waals surface area contributed by atoms with Gasteiger partial charge in [-0.05, 0) is 27.2 Å². The van der Waals surface area contributed by atoms with Crippen molar-refractivity contribution in [3.63, 3.8) is 0 Å². The predicted octanol–water partition coefficient (Wildman–Crippen LogP) is 1.74. The Bertz CT molecular complexity index is 292. The molecule has 0 aromatic carbocycles. The van der Waals surface area contributed by atoms with Gasteiger partial charge in [0, 0.05) is 19.2 Å². The highest BCUT2D eigenvalue weighted by Gasteiger charge is 2.20. The molecule has 0 heterocycles. The second-order valence-corrected chi connectivity index (χ2v) is 5.10. The van der Waals surface area contributed by atoms with Crippen LogP contribution in [0.5, 0.6) is 0 Å². The lowest BCUT2D eigenvalue weighted by molar-refractivity contribution is -0.137. The van der Waals surface area contributed by atoms with Crippen molar-refractivity contribution in [3.8, 4) is 0 Å². The van der Waals surface area contributed by atoms with Crippen LogP contribution < -0.4 is 10.6 Å². The minimum absolute atomic E-state index is 0.0594. The van der Waals surface area contributed by atoms with Gasteiger partial charge in [-0.25, -0.2) is 4.79 Å². The highest BCUT2D eigenvalue weighted by atomic mass is 16.5. The molecule has 0 aromatic rings. The Morgan fingerprint density at radius 1 is 1.32 bits per heavy atom. The number of hydrogen-bond donors (Lipinski definition) is 3. The van der Waals surface area contributed by atoms with Gasteiger partial charge in [-0.15, -0.1) is 0 Å². The maximum absolute atomic E-state index is 11.7. The topological polar surface area (TPSA) is 87.7 Å². The van der Waals surface area contributed by atoms with Crippen molar-refractivity contribution in [3.05, 3.63) is 0 Å². The van der Waals surface area contributed by atoms with Gasteiger partial charge in [0.2, 0.25) is 0 Å². The normalized spacial score (nSPS) is 12.8.